The number of amides is 2. The van der Waals surface area contributed by atoms with E-state index in [1.54, 1.807) is 23.1 Å². The van der Waals surface area contributed by atoms with E-state index >= 15 is 0 Å². The summed E-state index contributed by atoms with van der Waals surface area (Å²) in [7, 11) is 0. The van der Waals surface area contributed by atoms with E-state index in [1.165, 1.54) is 11.6 Å². The van der Waals surface area contributed by atoms with Gasteiger partial charge in [0.2, 0.25) is 11.8 Å². The number of para-hydroxylation sites is 2. The summed E-state index contributed by atoms with van der Waals surface area (Å²) in [6.07, 6.45) is 2.73. The number of benzene rings is 2. The maximum Gasteiger partial charge on any atom is 0.244 e. The monoisotopic (exact) mass is 436 g/mol. The summed E-state index contributed by atoms with van der Waals surface area (Å²) in [5.41, 5.74) is 2.66. The molecular weight excluding hydrogens is 407 g/mol. The lowest BCUT2D eigenvalue weighted by Gasteiger charge is -2.38. The van der Waals surface area contributed by atoms with Gasteiger partial charge in [0.25, 0.3) is 0 Å². The highest BCUT2D eigenvalue weighted by atomic mass is 19.1. The first-order valence-electron chi connectivity index (χ1n) is 11.5. The Hall–Kier alpha value is -2.77. The van der Waals surface area contributed by atoms with E-state index in [9.17, 15) is 14.0 Å². The van der Waals surface area contributed by atoms with Gasteiger partial charge in [-0.2, -0.15) is 0 Å². The molecule has 2 aromatic rings. The lowest BCUT2D eigenvalue weighted by molar-refractivity contribution is -0.124. The van der Waals surface area contributed by atoms with Crippen LogP contribution >= 0.6 is 0 Å². The Morgan fingerprint density at radius 2 is 1.62 bits per heavy atom. The van der Waals surface area contributed by atoms with Gasteiger partial charge in [-0.25, -0.2) is 4.39 Å². The van der Waals surface area contributed by atoms with Gasteiger partial charge in [0.1, 0.15) is 5.82 Å². The van der Waals surface area contributed by atoms with Crippen molar-refractivity contribution in [1.82, 2.24) is 9.80 Å². The number of fused-ring (bicyclic) bond motifs is 1. The van der Waals surface area contributed by atoms with Gasteiger partial charge in [0, 0.05) is 45.0 Å². The van der Waals surface area contributed by atoms with Crippen molar-refractivity contribution in [2.24, 2.45) is 0 Å². The Labute approximate surface area is 188 Å². The minimum atomic E-state index is -0.357. The van der Waals surface area contributed by atoms with E-state index in [-0.39, 0.29) is 23.7 Å². The largest absolute Gasteiger partial charge is 0.311 e. The highest BCUT2D eigenvalue weighted by Gasteiger charge is 2.38. The Balaban J connectivity index is 1.16. The third-order valence-corrected chi connectivity index (χ3v) is 6.94. The van der Waals surface area contributed by atoms with Gasteiger partial charge in [-0.05, 0) is 43.0 Å². The van der Waals surface area contributed by atoms with E-state index in [2.05, 4.69) is 15.9 Å². The number of nitrogens with zero attached hydrogens (tertiary/aromatic N) is 4. The molecule has 0 bridgehead atoms. The van der Waals surface area contributed by atoms with Gasteiger partial charge >= 0.3 is 0 Å². The number of piperazine rings is 1. The van der Waals surface area contributed by atoms with Crippen LogP contribution < -0.4 is 9.80 Å². The van der Waals surface area contributed by atoms with E-state index < -0.39 is 0 Å². The molecule has 3 aliphatic heterocycles. The van der Waals surface area contributed by atoms with Crippen molar-refractivity contribution in [2.45, 2.75) is 25.3 Å². The molecule has 2 saturated heterocycles. The van der Waals surface area contributed by atoms with Crippen LogP contribution in [-0.4, -0.2) is 73.5 Å². The zero-order chi connectivity index (χ0) is 22.1. The molecule has 0 aromatic heterocycles. The molecule has 168 valence electrons. The fourth-order valence-electron chi connectivity index (χ4n) is 5.22. The topological polar surface area (TPSA) is 47.1 Å². The Kier molecular flexibility index (Phi) is 5.93. The molecule has 0 aliphatic carbocycles. The predicted octanol–water partition coefficient (Wildman–Crippen LogP) is 2.53. The summed E-state index contributed by atoms with van der Waals surface area (Å²) in [6.45, 7) is 4.71. The number of hydrogen-bond acceptors (Lipinski definition) is 4. The van der Waals surface area contributed by atoms with E-state index in [0.717, 1.165) is 51.3 Å². The molecular formula is C25H29FN4O2. The number of anilines is 2. The van der Waals surface area contributed by atoms with Crippen molar-refractivity contribution in [3.63, 3.8) is 0 Å². The molecule has 2 fully saturated rings. The summed E-state index contributed by atoms with van der Waals surface area (Å²) in [5.74, 6) is -0.234. The second kappa shape index (κ2) is 9.00. The summed E-state index contributed by atoms with van der Waals surface area (Å²) < 4.78 is 14.2. The molecule has 7 heteroatoms. The van der Waals surface area contributed by atoms with Gasteiger partial charge in [-0.3, -0.25) is 19.4 Å². The van der Waals surface area contributed by atoms with Gasteiger partial charge < -0.3 is 9.80 Å². The van der Waals surface area contributed by atoms with Crippen LogP contribution in [0.5, 0.6) is 0 Å². The third-order valence-electron chi connectivity index (χ3n) is 6.94. The Bertz CT molecular complexity index is 1000. The molecule has 0 N–H and O–H groups in total. The van der Waals surface area contributed by atoms with Crippen molar-refractivity contribution in [2.75, 3.05) is 55.6 Å². The van der Waals surface area contributed by atoms with Crippen LogP contribution in [0, 0.1) is 5.82 Å². The number of aryl methyl sites for hydroxylation is 1. The van der Waals surface area contributed by atoms with Crippen molar-refractivity contribution in [3.05, 3.63) is 59.9 Å². The summed E-state index contributed by atoms with van der Waals surface area (Å²) in [5, 5.41) is 0. The van der Waals surface area contributed by atoms with Crippen LogP contribution in [0.2, 0.25) is 0 Å². The summed E-state index contributed by atoms with van der Waals surface area (Å²) in [6, 6.07) is 14.4. The molecule has 2 aromatic carbocycles. The number of halogens is 1. The highest BCUT2D eigenvalue weighted by molar-refractivity contribution is 5.99. The molecule has 3 aliphatic rings. The van der Waals surface area contributed by atoms with Crippen LogP contribution in [0.25, 0.3) is 0 Å². The van der Waals surface area contributed by atoms with Crippen molar-refractivity contribution in [1.29, 1.82) is 0 Å². The number of rotatable bonds is 4. The van der Waals surface area contributed by atoms with Gasteiger partial charge in [0.15, 0.2) is 0 Å². The molecule has 5 rings (SSSR count). The Morgan fingerprint density at radius 1 is 0.906 bits per heavy atom. The highest BCUT2D eigenvalue weighted by Crippen LogP contribution is 2.28. The molecule has 3 heterocycles. The first kappa shape index (κ1) is 21.1. The van der Waals surface area contributed by atoms with Crippen LogP contribution in [-0.2, 0) is 16.0 Å². The first-order chi connectivity index (χ1) is 15.6. The smallest absolute Gasteiger partial charge is 0.244 e. The summed E-state index contributed by atoms with van der Waals surface area (Å²) >= 11 is 0. The molecule has 32 heavy (non-hydrogen) atoms. The second-order valence-electron chi connectivity index (χ2n) is 8.84. The average Bonchev–Trinajstić information content (AvgIpc) is 3.20. The fourth-order valence-corrected chi connectivity index (χ4v) is 5.22. The minimum Gasteiger partial charge on any atom is -0.311 e. The average molecular weight is 437 g/mol. The quantitative estimate of drug-likeness (QED) is 0.739. The maximum absolute atomic E-state index is 14.2. The first-order valence-corrected chi connectivity index (χ1v) is 11.5. The van der Waals surface area contributed by atoms with Crippen LogP contribution in [0.1, 0.15) is 18.4 Å². The number of carbonyl (C=O) groups excluding carboxylic acids is 2. The van der Waals surface area contributed by atoms with Gasteiger partial charge in [0.05, 0.1) is 18.3 Å². The molecule has 0 saturated carbocycles. The number of carbonyl (C=O) groups is 2. The molecule has 1 atom stereocenters. The second-order valence-corrected chi connectivity index (χ2v) is 8.84. The zero-order valence-corrected chi connectivity index (χ0v) is 18.3. The molecule has 1 unspecified atom stereocenters. The molecule has 2 amide bonds. The molecule has 6 nitrogen and oxygen atoms in total. The van der Waals surface area contributed by atoms with Crippen molar-refractivity contribution >= 4 is 23.2 Å². The fraction of sp³-hybridized carbons (Fsp3) is 0.440. The van der Waals surface area contributed by atoms with Crippen LogP contribution in [0.3, 0.4) is 0 Å². The van der Waals surface area contributed by atoms with Gasteiger partial charge in [-0.15, -0.1) is 0 Å². The van der Waals surface area contributed by atoms with Gasteiger partial charge in [-0.1, -0.05) is 30.3 Å². The zero-order valence-electron chi connectivity index (χ0n) is 18.3. The summed E-state index contributed by atoms with van der Waals surface area (Å²) in [4.78, 5) is 33.9. The normalized spacial score (nSPS) is 22.3. The van der Waals surface area contributed by atoms with E-state index in [4.69, 9.17) is 0 Å². The van der Waals surface area contributed by atoms with Crippen molar-refractivity contribution in [3.8, 4) is 0 Å². The lowest BCUT2D eigenvalue weighted by Crippen LogP contribution is -2.54. The Morgan fingerprint density at radius 3 is 2.41 bits per heavy atom. The lowest BCUT2D eigenvalue weighted by atomic mass is 10.0. The third kappa shape index (κ3) is 4.02. The van der Waals surface area contributed by atoms with Crippen molar-refractivity contribution < 1.29 is 14.0 Å². The molecule has 0 radical (unpaired) electrons. The molecule has 0 spiro atoms. The van der Waals surface area contributed by atoms with Crippen LogP contribution in [0.4, 0.5) is 15.8 Å². The van der Waals surface area contributed by atoms with E-state index in [1.807, 2.05) is 23.1 Å². The SMILES string of the molecule is O=C1C(N2CCN(CC(=O)N3CCCc4ccccc43)CC2)CCN1c1ccccc1F. The predicted molar refractivity (Wildman–Crippen MR) is 122 cm³/mol. The minimum absolute atomic E-state index is 0.0236. The standard InChI is InChI=1S/C25H29FN4O2/c26-20-8-2-4-10-22(20)30-13-11-23(25(30)32)28-16-14-27(15-17-28)18-24(31)29-12-5-7-19-6-1-3-9-21(19)29/h1-4,6,8-10,23H,5,7,11-18H2. The number of hydrogen-bond donors (Lipinski definition) is 0. The van der Waals surface area contributed by atoms with E-state index in [0.29, 0.717) is 25.2 Å². The van der Waals surface area contributed by atoms with Crippen LogP contribution in [0.15, 0.2) is 48.5 Å². The maximum atomic E-state index is 14.2.